The van der Waals surface area contributed by atoms with Gasteiger partial charge in [0.05, 0.1) is 39.5 Å². The van der Waals surface area contributed by atoms with Crippen LogP contribution >= 0.6 is 11.3 Å². The van der Waals surface area contributed by atoms with E-state index in [9.17, 15) is 4.79 Å². The van der Waals surface area contributed by atoms with Gasteiger partial charge in [-0.1, -0.05) is 12.1 Å². The van der Waals surface area contributed by atoms with Gasteiger partial charge in [0.15, 0.2) is 5.65 Å². The number of hydrogen-bond acceptors (Lipinski definition) is 5. The van der Waals surface area contributed by atoms with Gasteiger partial charge in [0.2, 0.25) is 0 Å². The molecule has 150 valence electrons. The van der Waals surface area contributed by atoms with Gasteiger partial charge in [-0.05, 0) is 43.0 Å². The van der Waals surface area contributed by atoms with Crippen molar-refractivity contribution in [1.29, 1.82) is 0 Å². The lowest BCUT2D eigenvalue weighted by Gasteiger charge is -2.08. The molecule has 5 aromatic heterocycles. The summed E-state index contributed by atoms with van der Waals surface area (Å²) in [5.41, 5.74) is 5.64. The van der Waals surface area contributed by atoms with Gasteiger partial charge in [-0.25, -0.2) is 9.97 Å². The van der Waals surface area contributed by atoms with Crippen LogP contribution in [-0.2, 0) is 13.6 Å². The van der Waals surface area contributed by atoms with E-state index in [4.69, 9.17) is 4.98 Å². The Morgan fingerprint density at radius 3 is 2.80 bits per heavy atom. The van der Waals surface area contributed by atoms with Crippen molar-refractivity contribution in [1.82, 2.24) is 29.5 Å². The Bertz CT molecular complexity index is 1400. The van der Waals surface area contributed by atoms with Crippen LogP contribution in [0.25, 0.3) is 27.3 Å². The highest BCUT2D eigenvalue weighted by Gasteiger charge is 2.19. The molecule has 0 aromatic carbocycles. The maximum atomic E-state index is 13.2. The Morgan fingerprint density at radius 1 is 1.17 bits per heavy atom. The number of fused-ring (bicyclic) bond motifs is 2. The van der Waals surface area contributed by atoms with E-state index in [2.05, 4.69) is 15.4 Å². The quantitative estimate of drug-likeness (QED) is 0.482. The zero-order valence-corrected chi connectivity index (χ0v) is 17.7. The van der Waals surface area contributed by atoms with E-state index < -0.39 is 0 Å². The average Bonchev–Trinajstić information content (AvgIpc) is 3.46. The monoisotopic (exact) mass is 416 g/mol. The van der Waals surface area contributed by atoms with Crippen LogP contribution in [0.3, 0.4) is 0 Å². The second-order valence-corrected chi connectivity index (χ2v) is 8.22. The maximum Gasteiger partial charge on any atom is 0.252 e. The molecular weight excluding hydrogens is 396 g/mol. The lowest BCUT2D eigenvalue weighted by atomic mass is 10.1. The zero-order chi connectivity index (χ0) is 20.8. The van der Waals surface area contributed by atoms with Gasteiger partial charge in [-0.15, -0.1) is 11.3 Å². The van der Waals surface area contributed by atoms with Crippen molar-refractivity contribution >= 4 is 33.9 Å². The second-order valence-electron chi connectivity index (χ2n) is 7.28. The van der Waals surface area contributed by atoms with Crippen molar-refractivity contribution in [2.75, 3.05) is 0 Å². The predicted octanol–water partition coefficient (Wildman–Crippen LogP) is 3.89. The minimum atomic E-state index is -0.162. The SMILES string of the molecule is Cc1nn(C)c2nc(-c3cccs3)cc(C(=O)NCc3cn4cccc(C)c4n3)c12. The van der Waals surface area contributed by atoms with Crippen LogP contribution in [-0.4, -0.2) is 30.1 Å². The molecule has 0 bridgehead atoms. The number of amides is 1. The van der Waals surface area contributed by atoms with Crippen molar-refractivity contribution in [3.05, 3.63) is 70.6 Å². The van der Waals surface area contributed by atoms with E-state index >= 15 is 0 Å². The van der Waals surface area contributed by atoms with Gasteiger partial charge >= 0.3 is 0 Å². The smallest absolute Gasteiger partial charge is 0.252 e. The molecule has 0 atom stereocenters. The molecular formula is C22H20N6OS. The van der Waals surface area contributed by atoms with Crippen LogP contribution in [0, 0.1) is 13.8 Å². The molecule has 5 rings (SSSR count). The van der Waals surface area contributed by atoms with E-state index in [0.717, 1.165) is 38.6 Å². The normalized spacial score (nSPS) is 11.4. The molecule has 1 amide bonds. The van der Waals surface area contributed by atoms with Gasteiger partial charge in [-0.3, -0.25) is 9.48 Å². The molecule has 0 aliphatic carbocycles. The number of nitrogens with zero attached hydrogens (tertiary/aromatic N) is 5. The number of rotatable bonds is 4. The van der Waals surface area contributed by atoms with Crippen LogP contribution in [0.5, 0.6) is 0 Å². The minimum absolute atomic E-state index is 0.162. The van der Waals surface area contributed by atoms with Crippen LogP contribution in [0.15, 0.2) is 48.1 Å². The summed E-state index contributed by atoms with van der Waals surface area (Å²) < 4.78 is 3.70. The van der Waals surface area contributed by atoms with E-state index in [-0.39, 0.29) is 5.91 Å². The molecule has 30 heavy (non-hydrogen) atoms. The van der Waals surface area contributed by atoms with Gasteiger partial charge in [0, 0.05) is 19.4 Å². The third-order valence-corrected chi connectivity index (χ3v) is 6.04. The molecule has 0 fully saturated rings. The Kier molecular flexibility index (Phi) is 4.36. The number of carbonyl (C=O) groups excluding carboxylic acids is 1. The third kappa shape index (κ3) is 3.05. The first-order valence-electron chi connectivity index (χ1n) is 9.61. The molecule has 0 spiro atoms. The number of thiophene rings is 1. The number of pyridine rings is 2. The molecule has 0 aliphatic rings. The molecule has 5 aromatic rings. The summed E-state index contributed by atoms with van der Waals surface area (Å²) in [6.07, 6.45) is 3.90. The topological polar surface area (TPSA) is 77.1 Å². The average molecular weight is 417 g/mol. The second kappa shape index (κ2) is 7.07. The molecule has 0 saturated heterocycles. The number of aromatic nitrogens is 5. The summed E-state index contributed by atoms with van der Waals surface area (Å²) in [6, 6.07) is 9.84. The minimum Gasteiger partial charge on any atom is -0.346 e. The molecule has 8 heteroatoms. The van der Waals surface area contributed by atoms with Gasteiger partial charge in [-0.2, -0.15) is 5.10 Å². The highest BCUT2D eigenvalue weighted by molar-refractivity contribution is 7.13. The Labute approximate surface area is 177 Å². The van der Waals surface area contributed by atoms with E-state index in [1.165, 1.54) is 0 Å². The molecule has 0 radical (unpaired) electrons. The molecule has 1 N–H and O–H groups in total. The van der Waals surface area contributed by atoms with E-state index in [1.54, 1.807) is 16.0 Å². The van der Waals surface area contributed by atoms with Crippen molar-refractivity contribution in [3.63, 3.8) is 0 Å². The van der Waals surface area contributed by atoms with Crippen molar-refractivity contribution in [2.24, 2.45) is 7.05 Å². The molecule has 0 aliphatic heterocycles. The number of nitrogens with one attached hydrogen (secondary N) is 1. The van der Waals surface area contributed by atoms with Gasteiger partial charge < -0.3 is 9.72 Å². The van der Waals surface area contributed by atoms with Crippen LogP contribution < -0.4 is 5.32 Å². The maximum absolute atomic E-state index is 13.2. The van der Waals surface area contributed by atoms with Crippen molar-refractivity contribution in [2.45, 2.75) is 20.4 Å². The highest BCUT2D eigenvalue weighted by Crippen LogP contribution is 2.29. The van der Waals surface area contributed by atoms with E-state index in [0.29, 0.717) is 17.8 Å². The molecule has 0 unspecified atom stereocenters. The first kappa shape index (κ1) is 18.5. The van der Waals surface area contributed by atoms with Crippen molar-refractivity contribution in [3.8, 4) is 10.6 Å². The fourth-order valence-electron chi connectivity index (χ4n) is 3.73. The Hall–Kier alpha value is -3.52. The Balaban J connectivity index is 1.51. The first-order chi connectivity index (χ1) is 14.5. The summed E-state index contributed by atoms with van der Waals surface area (Å²) in [5, 5.41) is 10.3. The summed E-state index contributed by atoms with van der Waals surface area (Å²) in [4.78, 5) is 23.6. The third-order valence-electron chi connectivity index (χ3n) is 5.14. The van der Waals surface area contributed by atoms with Crippen molar-refractivity contribution < 1.29 is 4.79 Å². The predicted molar refractivity (Wildman–Crippen MR) is 118 cm³/mol. The fourth-order valence-corrected chi connectivity index (χ4v) is 4.42. The lowest BCUT2D eigenvalue weighted by Crippen LogP contribution is -2.23. The summed E-state index contributed by atoms with van der Waals surface area (Å²) in [7, 11) is 1.85. The molecule has 7 nitrogen and oxygen atoms in total. The lowest BCUT2D eigenvalue weighted by molar-refractivity contribution is 0.0952. The van der Waals surface area contributed by atoms with Crippen LogP contribution in [0.1, 0.15) is 27.3 Å². The fraction of sp³-hybridized carbons (Fsp3) is 0.182. The number of aryl methyl sites for hydroxylation is 3. The first-order valence-corrected chi connectivity index (χ1v) is 10.5. The Morgan fingerprint density at radius 2 is 2.03 bits per heavy atom. The zero-order valence-electron chi connectivity index (χ0n) is 16.9. The summed E-state index contributed by atoms with van der Waals surface area (Å²) in [5.74, 6) is -0.162. The van der Waals surface area contributed by atoms with Crippen LogP contribution in [0.2, 0.25) is 0 Å². The number of imidazole rings is 1. The van der Waals surface area contributed by atoms with Gasteiger partial charge in [0.1, 0.15) is 5.65 Å². The van der Waals surface area contributed by atoms with Crippen LogP contribution in [0.4, 0.5) is 0 Å². The van der Waals surface area contributed by atoms with Gasteiger partial charge in [0.25, 0.3) is 5.91 Å². The molecule has 5 heterocycles. The standard InChI is InChI=1S/C22H20N6OS/c1-13-6-4-8-28-12-15(24-20(13)28)11-23-22(29)16-10-17(18-7-5-9-30-18)25-21-19(16)14(2)26-27(21)3/h4-10,12H,11H2,1-3H3,(H,23,29). The van der Waals surface area contributed by atoms with E-state index in [1.807, 2.05) is 73.4 Å². The largest absolute Gasteiger partial charge is 0.346 e. The number of carbonyl (C=O) groups is 1. The molecule has 0 saturated carbocycles. The number of hydrogen-bond donors (Lipinski definition) is 1. The summed E-state index contributed by atoms with van der Waals surface area (Å²) >= 11 is 1.59. The summed E-state index contributed by atoms with van der Waals surface area (Å²) in [6.45, 7) is 4.27. The highest BCUT2D eigenvalue weighted by atomic mass is 32.1.